The number of carbonyl (C=O) groups excluding carboxylic acids is 3. The Kier molecular flexibility index (Phi) is 10.9. The van der Waals surface area contributed by atoms with E-state index in [4.69, 9.17) is 6.42 Å². The van der Waals surface area contributed by atoms with Crippen molar-refractivity contribution >= 4 is 29.1 Å². The fraction of sp³-hybridized carbons (Fsp3) is 0.548. The first-order valence-corrected chi connectivity index (χ1v) is 14.8. The van der Waals surface area contributed by atoms with Crippen molar-refractivity contribution < 1.29 is 19.5 Å². The van der Waals surface area contributed by atoms with E-state index in [1.54, 1.807) is 11.3 Å². The van der Waals surface area contributed by atoms with Crippen molar-refractivity contribution in [1.29, 1.82) is 0 Å². The molecule has 1 aromatic carbocycles. The molecule has 1 aliphatic heterocycles. The number of amides is 3. The summed E-state index contributed by atoms with van der Waals surface area (Å²) >= 11 is 1.59. The van der Waals surface area contributed by atoms with Gasteiger partial charge < -0.3 is 20.6 Å². The van der Waals surface area contributed by atoms with Gasteiger partial charge in [0.1, 0.15) is 12.1 Å². The number of nitrogens with one attached hydrogen (secondary N) is 2. The summed E-state index contributed by atoms with van der Waals surface area (Å²) in [5, 5.41) is 16.4. The van der Waals surface area contributed by atoms with Crippen molar-refractivity contribution in [2.75, 3.05) is 6.54 Å². The molecule has 0 aliphatic carbocycles. The molecule has 3 amide bonds. The second-order valence-electron chi connectivity index (χ2n) is 11.6. The number of hydrogen-bond acceptors (Lipinski definition) is 6. The van der Waals surface area contributed by atoms with Gasteiger partial charge in [-0.1, -0.05) is 51.5 Å². The van der Waals surface area contributed by atoms with Crippen LogP contribution in [0.3, 0.4) is 0 Å². The number of terminal acetylenes is 1. The van der Waals surface area contributed by atoms with Gasteiger partial charge in [-0.3, -0.25) is 14.4 Å². The van der Waals surface area contributed by atoms with E-state index >= 15 is 0 Å². The van der Waals surface area contributed by atoms with Crippen molar-refractivity contribution in [3.8, 4) is 22.8 Å². The van der Waals surface area contributed by atoms with Crippen molar-refractivity contribution in [2.45, 2.75) is 97.4 Å². The Bertz CT molecular complexity index is 1210. The quantitative estimate of drug-likeness (QED) is 0.276. The zero-order valence-corrected chi connectivity index (χ0v) is 25.0. The lowest BCUT2D eigenvalue weighted by Gasteiger charge is -2.35. The molecule has 0 saturated carbocycles. The third kappa shape index (κ3) is 8.15. The number of β-amino-alcohol motifs (C(OH)–C–C–N with tert-alkyl or cyclic N) is 1. The first kappa shape index (κ1) is 31.3. The third-order valence-corrected chi connectivity index (χ3v) is 8.26. The molecule has 216 valence electrons. The summed E-state index contributed by atoms with van der Waals surface area (Å²) in [6.07, 6.45) is 8.00. The number of rotatable bonds is 11. The molecule has 3 rings (SSSR count). The van der Waals surface area contributed by atoms with Crippen molar-refractivity contribution in [1.82, 2.24) is 20.5 Å². The van der Waals surface area contributed by atoms with E-state index in [9.17, 15) is 19.5 Å². The summed E-state index contributed by atoms with van der Waals surface area (Å²) in [5.74, 6) is 1.70. The molecule has 0 unspecified atom stereocenters. The fourth-order valence-corrected chi connectivity index (χ4v) is 5.75. The molecule has 1 saturated heterocycles. The average molecular weight is 567 g/mol. The second kappa shape index (κ2) is 13.9. The summed E-state index contributed by atoms with van der Waals surface area (Å²) in [5.41, 5.74) is 4.21. The van der Waals surface area contributed by atoms with Gasteiger partial charge in [-0.15, -0.1) is 23.7 Å². The van der Waals surface area contributed by atoms with Gasteiger partial charge in [-0.25, -0.2) is 4.98 Å². The summed E-state index contributed by atoms with van der Waals surface area (Å²) < 4.78 is 0. The summed E-state index contributed by atoms with van der Waals surface area (Å²) in [6, 6.07) is 6.03. The van der Waals surface area contributed by atoms with Crippen LogP contribution in [-0.4, -0.2) is 57.4 Å². The van der Waals surface area contributed by atoms with Crippen molar-refractivity contribution in [2.24, 2.45) is 5.41 Å². The number of benzene rings is 1. The monoisotopic (exact) mass is 566 g/mol. The predicted octanol–water partition coefficient (Wildman–Crippen LogP) is 4.37. The average Bonchev–Trinajstić information content (AvgIpc) is 3.51. The van der Waals surface area contributed by atoms with E-state index in [1.165, 1.54) is 4.90 Å². The van der Waals surface area contributed by atoms with Gasteiger partial charge >= 0.3 is 0 Å². The van der Waals surface area contributed by atoms with Crippen molar-refractivity contribution in [3.63, 3.8) is 0 Å². The summed E-state index contributed by atoms with van der Waals surface area (Å²) in [6.45, 7) is 9.55. The molecular weight excluding hydrogens is 524 g/mol. The number of aliphatic hydroxyl groups excluding tert-OH is 1. The van der Waals surface area contributed by atoms with Gasteiger partial charge in [-0.2, -0.15) is 0 Å². The number of thiazole rings is 1. The minimum absolute atomic E-state index is 0.0444. The highest BCUT2D eigenvalue weighted by Crippen LogP contribution is 2.29. The molecule has 1 aromatic heterocycles. The van der Waals surface area contributed by atoms with Crippen LogP contribution in [0, 0.1) is 24.7 Å². The number of unbranched alkanes of at least 4 members (excludes halogenated alkanes) is 3. The van der Waals surface area contributed by atoms with E-state index in [-0.39, 0.29) is 36.7 Å². The maximum Gasteiger partial charge on any atom is 0.246 e. The van der Waals surface area contributed by atoms with Crippen LogP contribution in [0.4, 0.5) is 0 Å². The van der Waals surface area contributed by atoms with Gasteiger partial charge in [0.25, 0.3) is 0 Å². The van der Waals surface area contributed by atoms with Crippen LogP contribution in [0.1, 0.15) is 83.5 Å². The maximum atomic E-state index is 13.7. The highest BCUT2D eigenvalue weighted by atomic mass is 32.1. The molecule has 40 heavy (non-hydrogen) atoms. The molecule has 0 bridgehead atoms. The lowest BCUT2D eigenvalue weighted by atomic mass is 9.85. The van der Waals surface area contributed by atoms with Crippen LogP contribution in [0.15, 0.2) is 29.8 Å². The topological polar surface area (TPSA) is 112 Å². The van der Waals surface area contributed by atoms with Crippen LogP contribution in [0.2, 0.25) is 0 Å². The number of nitrogens with zero attached hydrogens (tertiary/aromatic N) is 2. The highest BCUT2D eigenvalue weighted by molar-refractivity contribution is 7.13. The number of aliphatic hydroxyl groups is 1. The molecule has 0 radical (unpaired) electrons. The molecule has 1 fully saturated rings. The zero-order chi connectivity index (χ0) is 29.4. The van der Waals surface area contributed by atoms with E-state index in [2.05, 4.69) is 21.5 Å². The van der Waals surface area contributed by atoms with Crippen molar-refractivity contribution in [3.05, 3.63) is 41.0 Å². The maximum absolute atomic E-state index is 13.7. The molecule has 3 N–H and O–H groups in total. The Labute approximate surface area is 242 Å². The van der Waals surface area contributed by atoms with Gasteiger partial charge in [0.2, 0.25) is 17.7 Å². The molecule has 0 spiro atoms. The third-order valence-electron chi connectivity index (χ3n) is 7.29. The number of hydrogen-bond donors (Lipinski definition) is 3. The van der Waals surface area contributed by atoms with Gasteiger partial charge in [0.05, 0.1) is 28.2 Å². The Hall–Kier alpha value is -3.22. The smallest absolute Gasteiger partial charge is 0.246 e. The lowest BCUT2D eigenvalue weighted by Crippen LogP contribution is -2.57. The number of carbonyl (C=O) groups is 3. The number of likely N-dealkylation sites (tertiary alicyclic amines) is 1. The van der Waals surface area contributed by atoms with E-state index in [0.717, 1.165) is 34.5 Å². The van der Waals surface area contributed by atoms with Crippen LogP contribution < -0.4 is 10.6 Å². The highest BCUT2D eigenvalue weighted by Gasteiger charge is 2.44. The minimum atomic E-state index is -0.827. The van der Waals surface area contributed by atoms with Crippen LogP contribution in [0.25, 0.3) is 10.4 Å². The SMILES string of the molecule is C#CCCCCCC(=O)N[C@H](C(=O)N1C[C@H](O)C[C@H]1C(=O)N[C@@H](C)c1ccc(-c2scnc2C)cc1)C(C)(C)C. The molecule has 8 nitrogen and oxygen atoms in total. The van der Waals surface area contributed by atoms with E-state index in [1.807, 2.05) is 64.4 Å². The first-order chi connectivity index (χ1) is 18.9. The number of aryl methyl sites for hydroxylation is 1. The van der Waals surface area contributed by atoms with Crippen LogP contribution >= 0.6 is 11.3 Å². The summed E-state index contributed by atoms with van der Waals surface area (Å²) in [4.78, 5) is 46.7. The van der Waals surface area contributed by atoms with Gasteiger partial charge in [0.15, 0.2) is 0 Å². The Morgan fingerprint density at radius 1 is 1.18 bits per heavy atom. The van der Waals surface area contributed by atoms with Gasteiger partial charge in [0, 0.05) is 25.8 Å². The second-order valence-corrected chi connectivity index (χ2v) is 12.5. The van der Waals surface area contributed by atoms with E-state index in [0.29, 0.717) is 19.3 Å². The predicted molar refractivity (Wildman–Crippen MR) is 158 cm³/mol. The first-order valence-electron chi connectivity index (χ1n) is 13.9. The molecule has 9 heteroatoms. The molecular formula is C31H42N4O4S. The number of aromatic nitrogens is 1. The lowest BCUT2D eigenvalue weighted by molar-refractivity contribution is -0.144. The Balaban J connectivity index is 1.66. The molecule has 2 heterocycles. The van der Waals surface area contributed by atoms with Crippen LogP contribution in [0.5, 0.6) is 0 Å². The van der Waals surface area contributed by atoms with Gasteiger partial charge in [-0.05, 0) is 43.2 Å². The normalized spacial score (nSPS) is 18.6. The summed E-state index contributed by atoms with van der Waals surface area (Å²) in [7, 11) is 0. The van der Waals surface area contributed by atoms with Crippen LogP contribution in [-0.2, 0) is 14.4 Å². The largest absolute Gasteiger partial charge is 0.391 e. The fourth-order valence-electron chi connectivity index (χ4n) is 4.94. The standard InChI is InChI=1S/C31H42N4O4S/c1-7-8-9-10-11-12-26(37)34-28(31(4,5)6)30(39)35-18-24(36)17-25(35)29(38)33-20(2)22-13-15-23(16-14-22)27-21(3)32-19-40-27/h1,13-16,19-20,24-25,28,36H,8-12,17-18H2,2-6H3,(H,33,38)(H,34,37)/t20-,24+,25-,28+/m0/s1. The zero-order valence-electron chi connectivity index (χ0n) is 24.2. The molecule has 1 aliphatic rings. The molecule has 2 aromatic rings. The minimum Gasteiger partial charge on any atom is -0.391 e. The Morgan fingerprint density at radius 3 is 2.48 bits per heavy atom. The van der Waals surface area contributed by atoms with E-state index < -0.39 is 23.6 Å². The Morgan fingerprint density at radius 2 is 1.88 bits per heavy atom. The molecule has 4 atom stereocenters.